The lowest BCUT2D eigenvalue weighted by Gasteiger charge is -2.15. The first-order chi connectivity index (χ1) is 20.3. The van der Waals surface area contributed by atoms with Gasteiger partial charge in [-0.15, -0.1) is 0 Å². The molecule has 0 aliphatic rings. The van der Waals surface area contributed by atoms with E-state index in [0.717, 1.165) is 60.6 Å². The van der Waals surface area contributed by atoms with E-state index >= 15 is 0 Å². The number of para-hydroxylation sites is 5. The number of hydrogen-bond donors (Lipinski definition) is 0. The molecule has 0 spiro atoms. The predicted molar refractivity (Wildman–Crippen MR) is 167 cm³/mol. The largest absolute Gasteiger partial charge is 0.454 e. The van der Waals surface area contributed by atoms with Gasteiger partial charge in [-0.3, -0.25) is 0 Å². The summed E-state index contributed by atoms with van der Waals surface area (Å²) in [6.07, 6.45) is 0. The highest BCUT2D eigenvalue weighted by Crippen LogP contribution is 2.43. The van der Waals surface area contributed by atoms with Gasteiger partial charge in [-0.05, 0) is 36.4 Å². The zero-order valence-electron chi connectivity index (χ0n) is 21.9. The van der Waals surface area contributed by atoms with Crippen LogP contribution in [-0.2, 0) is 0 Å². The molecule has 0 aliphatic carbocycles. The molecule has 3 heterocycles. The number of nitriles is 1. The van der Waals surface area contributed by atoms with Crippen LogP contribution in [0.15, 0.2) is 132 Å². The first-order valence-corrected chi connectivity index (χ1v) is 13.7. The fraction of sp³-hybridized carbons (Fsp3) is 0. The summed E-state index contributed by atoms with van der Waals surface area (Å²) in [5, 5.41) is 17.2. The molecule has 0 aliphatic heterocycles. The van der Waals surface area contributed by atoms with Gasteiger partial charge in [0.15, 0.2) is 5.58 Å². The van der Waals surface area contributed by atoms with Gasteiger partial charge in [0, 0.05) is 26.9 Å². The number of hydrogen-bond acceptors (Lipinski definition) is 2. The fourth-order valence-corrected chi connectivity index (χ4v) is 6.69. The molecule has 0 radical (unpaired) electrons. The Morgan fingerprint density at radius 2 is 0.902 bits per heavy atom. The van der Waals surface area contributed by atoms with Gasteiger partial charge in [-0.25, -0.2) is 0 Å². The lowest BCUT2D eigenvalue weighted by Crippen LogP contribution is -2.02. The number of furan rings is 1. The second-order valence-electron chi connectivity index (χ2n) is 10.4. The van der Waals surface area contributed by atoms with Crippen LogP contribution in [0.3, 0.4) is 0 Å². The second kappa shape index (κ2) is 8.11. The normalized spacial score (nSPS) is 11.9. The zero-order valence-corrected chi connectivity index (χ0v) is 21.9. The van der Waals surface area contributed by atoms with E-state index in [9.17, 15) is 5.26 Å². The molecule has 190 valence electrons. The summed E-state index contributed by atoms with van der Waals surface area (Å²) in [6.45, 7) is 0. The Morgan fingerprint density at radius 1 is 0.488 bits per heavy atom. The van der Waals surface area contributed by atoms with Gasteiger partial charge >= 0.3 is 0 Å². The maximum atomic E-state index is 10.8. The molecule has 0 atom stereocenters. The SMILES string of the molecule is N#Cc1c(-n2c3ccccc3c3ccccc32)cc(-n2c3ccccc3c3ccccc32)c2oc3ccccc3c12. The summed E-state index contributed by atoms with van der Waals surface area (Å²) in [4.78, 5) is 0. The van der Waals surface area contributed by atoms with Gasteiger partial charge in [0.05, 0.1) is 44.4 Å². The quantitative estimate of drug-likeness (QED) is 0.226. The monoisotopic (exact) mass is 523 g/mol. The van der Waals surface area contributed by atoms with Gasteiger partial charge < -0.3 is 13.6 Å². The first-order valence-electron chi connectivity index (χ1n) is 13.7. The molecule has 0 amide bonds. The van der Waals surface area contributed by atoms with Crippen molar-refractivity contribution in [2.75, 3.05) is 0 Å². The van der Waals surface area contributed by atoms with Crippen molar-refractivity contribution in [3.63, 3.8) is 0 Å². The Kier molecular flexibility index (Phi) is 4.37. The summed E-state index contributed by atoms with van der Waals surface area (Å²) in [5.74, 6) is 0. The van der Waals surface area contributed by atoms with E-state index in [1.165, 1.54) is 10.8 Å². The van der Waals surface area contributed by atoms with Crippen LogP contribution in [0.2, 0.25) is 0 Å². The van der Waals surface area contributed by atoms with E-state index in [1.807, 2.05) is 24.3 Å². The number of fused-ring (bicyclic) bond motifs is 9. The maximum Gasteiger partial charge on any atom is 0.160 e. The smallest absolute Gasteiger partial charge is 0.160 e. The Hall–Kier alpha value is -5.79. The van der Waals surface area contributed by atoms with E-state index in [0.29, 0.717) is 11.1 Å². The molecule has 6 aromatic carbocycles. The van der Waals surface area contributed by atoms with Crippen molar-refractivity contribution in [2.45, 2.75) is 0 Å². The van der Waals surface area contributed by atoms with Gasteiger partial charge in [0.25, 0.3) is 0 Å². The summed E-state index contributed by atoms with van der Waals surface area (Å²) in [6, 6.07) is 46.5. The van der Waals surface area contributed by atoms with E-state index in [-0.39, 0.29) is 0 Å². The second-order valence-corrected chi connectivity index (χ2v) is 10.4. The molecule has 4 heteroatoms. The van der Waals surface area contributed by atoms with Crippen LogP contribution < -0.4 is 0 Å². The van der Waals surface area contributed by atoms with E-state index in [1.54, 1.807) is 0 Å². The van der Waals surface area contributed by atoms with Gasteiger partial charge in [-0.2, -0.15) is 5.26 Å². The van der Waals surface area contributed by atoms with Crippen LogP contribution in [0.4, 0.5) is 0 Å². The highest BCUT2D eigenvalue weighted by molar-refractivity contribution is 6.16. The molecule has 0 saturated carbocycles. The zero-order chi connectivity index (χ0) is 27.1. The molecule has 0 saturated heterocycles. The minimum atomic E-state index is 0.598. The van der Waals surface area contributed by atoms with Gasteiger partial charge in [0.2, 0.25) is 0 Å². The summed E-state index contributed by atoms with van der Waals surface area (Å²) in [7, 11) is 0. The Bertz CT molecular complexity index is 2450. The molecular formula is C37H21N3O. The van der Waals surface area contributed by atoms with Crippen molar-refractivity contribution >= 4 is 65.6 Å². The number of aromatic nitrogens is 2. The summed E-state index contributed by atoms with van der Waals surface area (Å²) < 4.78 is 11.1. The van der Waals surface area contributed by atoms with Crippen LogP contribution in [-0.4, -0.2) is 9.13 Å². The van der Waals surface area contributed by atoms with Crippen molar-refractivity contribution < 1.29 is 4.42 Å². The van der Waals surface area contributed by atoms with Crippen molar-refractivity contribution in [2.24, 2.45) is 0 Å². The molecule has 0 bridgehead atoms. The lowest BCUT2D eigenvalue weighted by molar-refractivity contribution is 0.666. The minimum Gasteiger partial charge on any atom is -0.454 e. The Balaban J connectivity index is 1.55. The molecule has 0 N–H and O–H groups in total. The van der Waals surface area contributed by atoms with Crippen LogP contribution in [0.25, 0.3) is 76.9 Å². The summed E-state index contributed by atoms with van der Waals surface area (Å²) in [5.41, 5.74) is 8.11. The molecule has 4 nitrogen and oxygen atoms in total. The molecule has 9 aromatic rings. The number of rotatable bonds is 2. The van der Waals surface area contributed by atoms with Crippen molar-refractivity contribution in [1.29, 1.82) is 5.26 Å². The van der Waals surface area contributed by atoms with Crippen molar-refractivity contribution in [3.05, 3.63) is 133 Å². The van der Waals surface area contributed by atoms with Crippen LogP contribution in [0.1, 0.15) is 5.56 Å². The topological polar surface area (TPSA) is 46.8 Å². The van der Waals surface area contributed by atoms with E-state index in [4.69, 9.17) is 4.42 Å². The van der Waals surface area contributed by atoms with E-state index in [2.05, 4.69) is 118 Å². The van der Waals surface area contributed by atoms with Crippen LogP contribution >= 0.6 is 0 Å². The highest BCUT2D eigenvalue weighted by Gasteiger charge is 2.25. The molecule has 0 fully saturated rings. The van der Waals surface area contributed by atoms with E-state index < -0.39 is 0 Å². The van der Waals surface area contributed by atoms with Gasteiger partial charge in [-0.1, -0.05) is 91.0 Å². The molecule has 0 unspecified atom stereocenters. The number of nitrogens with zero attached hydrogens (tertiary/aromatic N) is 3. The average Bonchev–Trinajstić information content (AvgIpc) is 3.69. The van der Waals surface area contributed by atoms with Gasteiger partial charge in [0.1, 0.15) is 11.7 Å². The number of benzene rings is 6. The Labute approximate surface area is 234 Å². The molecule has 9 rings (SSSR count). The molecule has 41 heavy (non-hydrogen) atoms. The first kappa shape index (κ1) is 22.1. The lowest BCUT2D eigenvalue weighted by atomic mass is 10.0. The third kappa shape index (κ3) is 2.87. The Morgan fingerprint density at radius 3 is 1.39 bits per heavy atom. The fourth-order valence-electron chi connectivity index (χ4n) is 6.69. The van der Waals surface area contributed by atoms with Crippen molar-refractivity contribution in [3.8, 4) is 17.4 Å². The minimum absolute atomic E-state index is 0.598. The van der Waals surface area contributed by atoms with Crippen molar-refractivity contribution in [1.82, 2.24) is 9.13 Å². The molecular weight excluding hydrogens is 502 g/mol. The third-order valence-electron chi connectivity index (χ3n) is 8.36. The van der Waals surface area contributed by atoms with Crippen LogP contribution in [0, 0.1) is 11.3 Å². The highest BCUT2D eigenvalue weighted by atomic mass is 16.3. The predicted octanol–water partition coefficient (Wildman–Crippen LogP) is 9.65. The maximum absolute atomic E-state index is 10.8. The van der Waals surface area contributed by atoms with Crippen LogP contribution in [0.5, 0.6) is 0 Å². The standard InChI is InChI=1S/C37H21N3O/c38-22-28-33(39-29-16-6-1-11-23(29)24-12-2-7-17-30(24)39)21-34(37-36(28)27-15-5-10-20-35(27)41-37)40-31-18-8-3-13-25(31)26-14-4-9-19-32(26)40/h1-21H. The molecule has 3 aromatic heterocycles. The average molecular weight is 524 g/mol. The third-order valence-corrected chi connectivity index (χ3v) is 8.36. The summed E-state index contributed by atoms with van der Waals surface area (Å²) >= 11 is 0.